The minimum Gasteiger partial charge on any atom is -0.362 e. The standard InChI is InChI=1S/C16H15F4N/c17-10-4-5-11(13(18)9-10)12-6-7-14(12)21-8-2-1-3-15(21)16(19)20/h1-5,8-9,12,14-16H,6-7H2/t12-,14-,15?/m0/s1. The van der Waals surface area contributed by atoms with Gasteiger partial charge in [0.1, 0.15) is 17.7 Å². The predicted molar refractivity (Wildman–Crippen MR) is 72.0 cm³/mol. The van der Waals surface area contributed by atoms with E-state index in [0.717, 1.165) is 18.9 Å². The number of benzene rings is 1. The lowest BCUT2D eigenvalue weighted by molar-refractivity contribution is 0.0241. The Hall–Kier alpha value is -1.78. The van der Waals surface area contributed by atoms with E-state index in [2.05, 4.69) is 0 Å². The number of alkyl halides is 2. The highest BCUT2D eigenvalue weighted by molar-refractivity contribution is 5.28. The van der Waals surface area contributed by atoms with Gasteiger partial charge in [-0.2, -0.15) is 0 Å². The summed E-state index contributed by atoms with van der Waals surface area (Å²) in [6.07, 6.45) is 5.34. The third kappa shape index (κ3) is 2.57. The molecule has 0 radical (unpaired) electrons. The lowest BCUT2D eigenvalue weighted by Gasteiger charge is -2.47. The molecule has 0 N–H and O–H groups in total. The highest BCUT2D eigenvalue weighted by Gasteiger charge is 2.41. The molecule has 1 aromatic rings. The summed E-state index contributed by atoms with van der Waals surface area (Å²) in [6.45, 7) is 0. The van der Waals surface area contributed by atoms with Gasteiger partial charge in [-0.1, -0.05) is 18.2 Å². The van der Waals surface area contributed by atoms with Crippen molar-refractivity contribution < 1.29 is 17.6 Å². The summed E-state index contributed by atoms with van der Waals surface area (Å²) >= 11 is 0. The number of hydrogen-bond acceptors (Lipinski definition) is 1. The second kappa shape index (κ2) is 5.54. The number of nitrogens with zero attached hydrogens (tertiary/aromatic N) is 1. The Kier molecular flexibility index (Phi) is 3.74. The van der Waals surface area contributed by atoms with Gasteiger partial charge in [0, 0.05) is 24.2 Å². The van der Waals surface area contributed by atoms with E-state index >= 15 is 0 Å². The van der Waals surface area contributed by atoms with Crippen molar-refractivity contribution in [2.45, 2.75) is 37.3 Å². The average molecular weight is 297 g/mol. The zero-order chi connectivity index (χ0) is 15.0. The van der Waals surface area contributed by atoms with Gasteiger partial charge < -0.3 is 4.90 Å². The summed E-state index contributed by atoms with van der Waals surface area (Å²) in [5.74, 6) is -1.41. The Morgan fingerprint density at radius 2 is 1.90 bits per heavy atom. The Morgan fingerprint density at radius 3 is 2.52 bits per heavy atom. The van der Waals surface area contributed by atoms with E-state index in [1.54, 1.807) is 23.3 Å². The maximum atomic E-state index is 13.9. The first-order valence-electron chi connectivity index (χ1n) is 6.93. The van der Waals surface area contributed by atoms with Crippen molar-refractivity contribution in [3.8, 4) is 0 Å². The van der Waals surface area contributed by atoms with E-state index < -0.39 is 24.1 Å². The quantitative estimate of drug-likeness (QED) is 0.755. The minimum atomic E-state index is -2.49. The molecule has 112 valence electrons. The zero-order valence-electron chi connectivity index (χ0n) is 11.2. The topological polar surface area (TPSA) is 3.24 Å². The molecule has 1 aliphatic carbocycles. The van der Waals surface area contributed by atoms with Crippen LogP contribution in [0.3, 0.4) is 0 Å². The van der Waals surface area contributed by atoms with Crippen molar-refractivity contribution in [1.29, 1.82) is 0 Å². The molecule has 3 atom stereocenters. The largest absolute Gasteiger partial charge is 0.362 e. The summed E-state index contributed by atoms with van der Waals surface area (Å²) in [5, 5.41) is 0. The molecule has 2 aliphatic rings. The van der Waals surface area contributed by atoms with Gasteiger partial charge in [0.15, 0.2) is 0 Å². The lowest BCUT2D eigenvalue weighted by atomic mass is 9.73. The van der Waals surface area contributed by atoms with Crippen molar-refractivity contribution in [2.24, 2.45) is 0 Å². The predicted octanol–water partition coefficient (Wildman–Crippen LogP) is 4.23. The van der Waals surface area contributed by atoms with Gasteiger partial charge in [0.25, 0.3) is 6.43 Å². The van der Waals surface area contributed by atoms with Gasteiger partial charge in [-0.15, -0.1) is 0 Å². The molecular weight excluding hydrogens is 282 g/mol. The van der Waals surface area contributed by atoms with Crippen LogP contribution >= 0.6 is 0 Å². The van der Waals surface area contributed by atoms with Crippen molar-refractivity contribution in [3.63, 3.8) is 0 Å². The highest BCUT2D eigenvalue weighted by Crippen LogP contribution is 2.43. The fourth-order valence-corrected chi connectivity index (χ4v) is 3.08. The molecule has 3 rings (SSSR count). The molecule has 0 spiro atoms. The van der Waals surface area contributed by atoms with E-state index in [1.807, 2.05) is 0 Å². The van der Waals surface area contributed by atoms with Crippen LogP contribution in [0.2, 0.25) is 0 Å². The van der Waals surface area contributed by atoms with Crippen LogP contribution in [-0.4, -0.2) is 23.4 Å². The van der Waals surface area contributed by atoms with E-state index in [1.165, 1.54) is 18.2 Å². The zero-order valence-corrected chi connectivity index (χ0v) is 11.2. The van der Waals surface area contributed by atoms with Crippen LogP contribution in [-0.2, 0) is 0 Å². The highest BCUT2D eigenvalue weighted by atomic mass is 19.3. The maximum Gasteiger partial charge on any atom is 0.262 e. The molecular formula is C16H15F4N. The smallest absolute Gasteiger partial charge is 0.262 e. The van der Waals surface area contributed by atoms with E-state index in [4.69, 9.17) is 0 Å². The maximum absolute atomic E-state index is 13.9. The van der Waals surface area contributed by atoms with Crippen LogP contribution < -0.4 is 0 Å². The molecule has 0 aromatic heterocycles. The second-order valence-electron chi connectivity index (χ2n) is 5.42. The third-order valence-electron chi connectivity index (χ3n) is 4.26. The molecule has 1 aliphatic heterocycles. The Bertz CT molecular complexity index is 582. The van der Waals surface area contributed by atoms with Gasteiger partial charge in [-0.05, 0) is 30.5 Å². The number of halogens is 4. The number of hydrogen-bond donors (Lipinski definition) is 0. The molecule has 1 heterocycles. The van der Waals surface area contributed by atoms with Gasteiger partial charge in [0.2, 0.25) is 0 Å². The Balaban J connectivity index is 1.83. The molecule has 1 unspecified atom stereocenters. The van der Waals surface area contributed by atoms with Crippen LogP contribution in [0, 0.1) is 11.6 Å². The minimum absolute atomic E-state index is 0.176. The summed E-state index contributed by atoms with van der Waals surface area (Å²) < 4.78 is 53.1. The van der Waals surface area contributed by atoms with Gasteiger partial charge in [-0.25, -0.2) is 17.6 Å². The van der Waals surface area contributed by atoms with Crippen LogP contribution in [0.4, 0.5) is 17.6 Å². The summed E-state index contributed by atoms with van der Waals surface area (Å²) in [5.41, 5.74) is 0.406. The molecule has 0 amide bonds. The number of rotatable bonds is 3. The normalized spacial score (nSPS) is 28.0. The molecule has 21 heavy (non-hydrogen) atoms. The van der Waals surface area contributed by atoms with Crippen molar-refractivity contribution >= 4 is 0 Å². The van der Waals surface area contributed by atoms with Gasteiger partial charge in [-0.3, -0.25) is 0 Å². The fraction of sp³-hybridized carbons (Fsp3) is 0.375. The fourth-order valence-electron chi connectivity index (χ4n) is 3.08. The molecule has 1 aromatic carbocycles. The first-order chi connectivity index (χ1) is 10.1. The van der Waals surface area contributed by atoms with Crippen LogP contribution in [0.5, 0.6) is 0 Å². The van der Waals surface area contributed by atoms with E-state index in [9.17, 15) is 17.6 Å². The lowest BCUT2D eigenvalue weighted by Crippen LogP contribution is -2.50. The Morgan fingerprint density at radius 1 is 1.10 bits per heavy atom. The molecule has 0 bridgehead atoms. The second-order valence-corrected chi connectivity index (χ2v) is 5.42. The first kappa shape index (κ1) is 14.2. The summed E-state index contributed by atoms with van der Waals surface area (Å²) in [7, 11) is 0. The van der Waals surface area contributed by atoms with Crippen LogP contribution in [0.25, 0.3) is 0 Å². The SMILES string of the molecule is Fc1ccc([C@@H]2CC[C@@H]2N2C=CC=CC2C(F)F)c(F)c1. The molecule has 1 nitrogen and oxygen atoms in total. The molecule has 1 fully saturated rings. The van der Waals surface area contributed by atoms with Crippen molar-refractivity contribution in [1.82, 2.24) is 4.90 Å². The first-order valence-corrected chi connectivity index (χ1v) is 6.93. The summed E-state index contributed by atoms with van der Waals surface area (Å²) in [4.78, 5) is 1.60. The third-order valence-corrected chi connectivity index (χ3v) is 4.26. The monoisotopic (exact) mass is 297 g/mol. The van der Waals surface area contributed by atoms with Crippen molar-refractivity contribution in [3.05, 3.63) is 59.8 Å². The summed E-state index contributed by atoms with van der Waals surface area (Å²) in [6, 6.07) is 2.32. The van der Waals surface area contributed by atoms with Crippen molar-refractivity contribution in [2.75, 3.05) is 0 Å². The van der Waals surface area contributed by atoms with Crippen LogP contribution in [0.15, 0.2) is 42.6 Å². The van der Waals surface area contributed by atoms with E-state index in [-0.39, 0.29) is 12.0 Å². The van der Waals surface area contributed by atoms with E-state index in [0.29, 0.717) is 5.56 Å². The molecule has 0 saturated heterocycles. The average Bonchev–Trinajstić information content (AvgIpc) is 2.41. The molecule has 5 heteroatoms. The van der Waals surface area contributed by atoms with Gasteiger partial charge in [0.05, 0.1) is 0 Å². The Labute approximate surface area is 120 Å². The molecule has 1 saturated carbocycles. The number of allylic oxidation sites excluding steroid dienone is 2. The van der Waals surface area contributed by atoms with Gasteiger partial charge >= 0.3 is 0 Å². The van der Waals surface area contributed by atoms with Crippen LogP contribution in [0.1, 0.15) is 24.3 Å².